The molecule has 0 aliphatic heterocycles. The van der Waals surface area contributed by atoms with Crippen LogP contribution in [-0.4, -0.2) is 25.9 Å². The topological polar surface area (TPSA) is 47.6 Å². The molecule has 0 unspecified atom stereocenters. The third-order valence-corrected chi connectivity index (χ3v) is 3.60. The van der Waals surface area contributed by atoms with E-state index < -0.39 is 0 Å². The Bertz CT molecular complexity index is 461. The summed E-state index contributed by atoms with van der Waals surface area (Å²) in [6.07, 6.45) is 9.35. The van der Waals surface area contributed by atoms with Gasteiger partial charge in [0.1, 0.15) is 5.75 Å². The molecular weight excluding hydrogens is 266 g/mol. The van der Waals surface area contributed by atoms with Crippen molar-refractivity contribution in [3.05, 3.63) is 35.9 Å². The largest absolute Gasteiger partial charge is 0.468 e. The minimum absolute atomic E-state index is 0.0124. The van der Waals surface area contributed by atoms with Crippen LogP contribution in [-0.2, 0) is 9.53 Å². The fourth-order valence-corrected chi connectivity index (χ4v) is 2.47. The Kier molecular flexibility index (Phi) is 6.28. The molecule has 21 heavy (non-hydrogen) atoms. The van der Waals surface area contributed by atoms with E-state index in [1.165, 1.54) is 19.3 Å². The molecule has 4 nitrogen and oxygen atoms in total. The summed E-state index contributed by atoms with van der Waals surface area (Å²) < 4.78 is 10.1. The van der Waals surface area contributed by atoms with Gasteiger partial charge in [0, 0.05) is 19.2 Å². The molecule has 1 amide bonds. The Morgan fingerprint density at radius 2 is 1.95 bits per heavy atom. The van der Waals surface area contributed by atoms with Crippen molar-refractivity contribution in [1.29, 1.82) is 0 Å². The molecule has 1 N–H and O–H groups in total. The Morgan fingerprint density at radius 3 is 2.62 bits per heavy atom. The first-order chi connectivity index (χ1) is 10.3. The normalized spacial score (nSPS) is 16.0. The van der Waals surface area contributed by atoms with Crippen molar-refractivity contribution < 1.29 is 14.3 Å². The first kappa shape index (κ1) is 15.6. The fourth-order valence-electron chi connectivity index (χ4n) is 2.47. The smallest absolute Gasteiger partial charge is 0.244 e. The minimum atomic E-state index is -0.0124. The molecule has 2 rings (SSSR count). The molecule has 0 radical (unpaired) electrons. The Balaban J connectivity index is 1.80. The van der Waals surface area contributed by atoms with Gasteiger partial charge in [0.2, 0.25) is 5.91 Å². The Morgan fingerprint density at radius 1 is 1.24 bits per heavy atom. The first-order valence-corrected chi connectivity index (χ1v) is 7.48. The van der Waals surface area contributed by atoms with Crippen LogP contribution in [0.3, 0.4) is 0 Å². The molecule has 114 valence electrons. The predicted molar refractivity (Wildman–Crippen MR) is 83.0 cm³/mol. The molecule has 4 heteroatoms. The monoisotopic (exact) mass is 289 g/mol. The van der Waals surface area contributed by atoms with Crippen LogP contribution < -0.4 is 10.1 Å². The molecule has 0 spiro atoms. The van der Waals surface area contributed by atoms with E-state index >= 15 is 0 Å². The van der Waals surface area contributed by atoms with Crippen LogP contribution in [0.15, 0.2) is 30.3 Å². The van der Waals surface area contributed by atoms with Crippen molar-refractivity contribution in [3.8, 4) is 5.75 Å². The van der Waals surface area contributed by atoms with E-state index in [1.807, 2.05) is 30.3 Å². The summed E-state index contributed by atoms with van der Waals surface area (Å²) in [5.74, 6) is 0.738. The lowest BCUT2D eigenvalue weighted by atomic mass is 9.95. The molecule has 1 aromatic carbocycles. The van der Waals surface area contributed by atoms with Gasteiger partial charge in [-0.3, -0.25) is 4.79 Å². The van der Waals surface area contributed by atoms with Gasteiger partial charge in [-0.15, -0.1) is 0 Å². The standard InChI is InChI=1S/C17H23NO3/c1-20-13-21-16-10-7-14(8-11-16)9-12-17(19)18-15-5-3-2-4-6-15/h7-12,15H,2-6,13H2,1H3,(H,18,19)/b12-9+. The zero-order valence-electron chi connectivity index (χ0n) is 12.5. The van der Waals surface area contributed by atoms with Crippen LogP contribution in [0, 0.1) is 0 Å². The lowest BCUT2D eigenvalue weighted by Crippen LogP contribution is -2.34. The van der Waals surface area contributed by atoms with Crippen molar-refractivity contribution in [2.75, 3.05) is 13.9 Å². The van der Waals surface area contributed by atoms with Gasteiger partial charge in [0.15, 0.2) is 6.79 Å². The number of rotatable bonds is 6. The first-order valence-electron chi connectivity index (χ1n) is 7.48. The van der Waals surface area contributed by atoms with Gasteiger partial charge in [-0.1, -0.05) is 31.4 Å². The van der Waals surface area contributed by atoms with Gasteiger partial charge in [-0.2, -0.15) is 0 Å². The van der Waals surface area contributed by atoms with Gasteiger partial charge < -0.3 is 14.8 Å². The number of carbonyl (C=O) groups excluding carboxylic acids is 1. The molecule has 1 saturated carbocycles. The summed E-state index contributed by atoms with van der Waals surface area (Å²) in [6.45, 7) is 0.235. The number of carbonyl (C=O) groups is 1. The molecule has 0 bridgehead atoms. The van der Waals surface area contributed by atoms with E-state index in [0.717, 1.165) is 24.2 Å². The van der Waals surface area contributed by atoms with Crippen molar-refractivity contribution >= 4 is 12.0 Å². The second-order valence-corrected chi connectivity index (χ2v) is 5.30. The lowest BCUT2D eigenvalue weighted by molar-refractivity contribution is -0.117. The predicted octanol–water partition coefficient (Wildman–Crippen LogP) is 3.13. The van der Waals surface area contributed by atoms with E-state index in [1.54, 1.807) is 13.2 Å². The molecular formula is C17H23NO3. The van der Waals surface area contributed by atoms with Crippen LogP contribution in [0.4, 0.5) is 0 Å². The van der Waals surface area contributed by atoms with Gasteiger partial charge >= 0.3 is 0 Å². The van der Waals surface area contributed by atoms with Crippen molar-refractivity contribution in [3.63, 3.8) is 0 Å². The molecule has 1 aliphatic carbocycles. The summed E-state index contributed by atoms with van der Waals surface area (Å²) in [5, 5.41) is 3.06. The zero-order valence-corrected chi connectivity index (χ0v) is 12.5. The number of ether oxygens (including phenoxy) is 2. The molecule has 0 heterocycles. The van der Waals surface area contributed by atoms with Gasteiger partial charge in [-0.05, 0) is 36.6 Å². The summed E-state index contributed by atoms with van der Waals surface area (Å²) in [4.78, 5) is 11.9. The summed E-state index contributed by atoms with van der Waals surface area (Å²) >= 11 is 0. The van der Waals surface area contributed by atoms with Crippen molar-refractivity contribution in [1.82, 2.24) is 5.32 Å². The highest BCUT2D eigenvalue weighted by Crippen LogP contribution is 2.17. The third-order valence-electron chi connectivity index (χ3n) is 3.60. The summed E-state index contributed by atoms with van der Waals surface area (Å²) in [5.41, 5.74) is 0.971. The number of nitrogens with one attached hydrogen (secondary N) is 1. The van der Waals surface area contributed by atoms with E-state index in [-0.39, 0.29) is 12.7 Å². The summed E-state index contributed by atoms with van der Waals surface area (Å²) in [7, 11) is 1.59. The van der Waals surface area contributed by atoms with Gasteiger partial charge in [-0.25, -0.2) is 0 Å². The van der Waals surface area contributed by atoms with Crippen LogP contribution in [0.25, 0.3) is 6.08 Å². The van der Waals surface area contributed by atoms with E-state index in [9.17, 15) is 4.79 Å². The van der Waals surface area contributed by atoms with Crippen LogP contribution in [0.1, 0.15) is 37.7 Å². The average molecular weight is 289 g/mol. The fraction of sp³-hybridized carbons (Fsp3) is 0.471. The Hall–Kier alpha value is -1.81. The highest BCUT2D eigenvalue weighted by molar-refractivity contribution is 5.91. The molecule has 1 fully saturated rings. The van der Waals surface area contributed by atoms with Gasteiger partial charge in [0.25, 0.3) is 0 Å². The van der Waals surface area contributed by atoms with Crippen molar-refractivity contribution in [2.45, 2.75) is 38.1 Å². The number of amides is 1. The highest BCUT2D eigenvalue weighted by atomic mass is 16.7. The second-order valence-electron chi connectivity index (χ2n) is 5.30. The second kappa shape index (κ2) is 8.47. The number of hydrogen-bond donors (Lipinski definition) is 1. The van der Waals surface area contributed by atoms with E-state index in [2.05, 4.69) is 5.32 Å². The zero-order chi connectivity index (χ0) is 14.9. The maximum absolute atomic E-state index is 11.9. The molecule has 0 atom stereocenters. The van der Waals surface area contributed by atoms with Gasteiger partial charge in [0.05, 0.1) is 0 Å². The quantitative estimate of drug-likeness (QED) is 0.646. The number of benzene rings is 1. The van der Waals surface area contributed by atoms with Crippen LogP contribution >= 0.6 is 0 Å². The maximum Gasteiger partial charge on any atom is 0.244 e. The lowest BCUT2D eigenvalue weighted by Gasteiger charge is -2.21. The number of hydrogen-bond acceptors (Lipinski definition) is 3. The minimum Gasteiger partial charge on any atom is -0.468 e. The highest BCUT2D eigenvalue weighted by Gasteiger charge is 2.13. The number of methoxy groups -OCH3 is 1. The molecule has 0 saturated heterocycles. The van der Waals surface area contributed by atoms with E-state index in [0.29, 0.717) is 6.04 Å². The third kappa shape index (κ3) is 5.60. The average Bonchev–Trinajstić information content (AvgIpc) is 2.53. The Labute approximate surface area is 126 Å². The SMILES string of the molecule is COCOc1ccc(/C=C/C(=O)NC2CCCCC2)cc1. The van der Waals surface area contributed by atoms with E-state index in [4.69, 9.17) is 9.47 Å². The summed E-state index contributed by atoms with van der Waals surface area (Å²) in [6, 6.07) is 7.89. The van der Waals surface area contributed by atoms with Crippen LogP contribution in [0.5, 0.6) is 5.75 Å². The molecule has 1 aromatic rings. The molecule has 1 aliphatic rings. The van der Waals surface area contributed by atoms with Crippen LogP contribution in [0.2, 0.25) is 0 Å². The maximum atomic E-state index is 11.9. The molecule has 0 aromatic heterocycles. The van der Waals surface area contributed by atoms with Crippen molar-refractivity contribution in [2.24, 2.45) is 0 Å².